The summed E-state index contributed by atoms with van der Waals surface area (Å²) in [4.78, 5) is 0. The van der Waals surface area contributed by atoms with E-state index in [1.165, 1.54) is 6.07 Å². The van der Waals surface area contributed by atoms with Gasteiger partial charge in [-0.3, -0.25) is 0 Å². The molecule has 0 spiro atoms. The molecule has 0 saturated heterocycles. The van der Waals surface area contributed by atoms with Crippen LogP contribution in [0.4, 0.5) is 4.39 Å². The zero-order valence-electron chi connectivity index (χ0n) is 4.29. The summed E-state index contributed by atoms with van der Waals surface area (Å²) < 4.78 is 12.3. The molecule has 0 heterocycles. The lowest BCUT2D eigenvalue weighted by molar-refractivity contribution is 0.628. The molecular weight excluding hydrogens is 162 g/mol. The van der Waals surface area contributed by atoms with Crippen molar-refractivity contribution in [2.75, 3.05) is 0 Å². The third kappa shape index (κ3) is 1.57. The Hall–Kier alpha value is -0.270. The van der Waals surface area contributed by atoms with Gasteiger partial charge in [0.15, 0.2) is 0 Å². The van der Waals surface area contributed by atoms with Crippen LogP contribution in [0.15, 0.2) is 12.1 Å². The first-order valence-electron chi connectivity index (χ1n) is 2.22. The van der Waals surface area contributed by atoms with Gasteiger partial charge in [0.2, 0.25) is 0 Å². The first-order chi connectivity index (χ1) is 4.20. The summed E-state index contributed by atoms with van der Waals surface area (Å²) in [6, 6.07) is 4.98. The Kier molecular flexibility index (Phi) is 1.94. The van der Waals surface area contributed by atoms with Crippen molar-refractivity contribution in [3.63, 3.8) is 0 Å². The van der Waals surface area contributed by atoms with Crippen LogP contribution in [0.25, 0.3) is 0 Å². The number of hydrogen-bond donors (Lipinski definition) is 0. The van der Waals surface area contributed by atoms with E-state index in [1.54, 1.807) is 0 Å². The van der Waals surface area contributed by atoms with Crippen LogP contribution >= 0.6 is 23.2 Å². The zero-order valence-corrected chi connectivity index (χ0v) is 5.80. The highest BCUT2D eigenvalue weighted by Gasteiger charge is 1.97. The molecule has 1 aromatic rings. The van der Waals surface area contributed by atoms with E-state index in [1.807, 2.05) is 0 Å². The van der Waals surface area contributed by atoms with Crippen molar-refractivity contribution in [1.29, 1.82) is 0 Å². The Morgan fingerprint density at radius 2 is 2.11 bits per heavy atom. The lowest BCUT2D eigenvalue weighted by atomic mass is 10.3. The summed E-state index contributed by atoms with van der Waals surface area (Å²) in [5.74, 6) is -0.538. The minimum Gasteiger partial charge on any atom is -0.205 e. The van der Waals surface area contributed by atoms with E-state index in [9.17, 15) is 4.39 Å². The van der Waals surface area contributed by atoms with Gasteiger partial charge in [-0.05, 0) is 12.1 Å². The zero-order chi connectivity index (χ0) is 6.85. The smallest absolute Gasteiger partial charge is 0.143 e. The van der Waals surface area contributed by atoms with Crippen LogP contribution < -0.4 is 0 Å². The Morgan fingerprint density at radius 1 is 1.44 bits per heavy atom. The number of halogens is 3. The predicted octanol–water partition coefficient (Wildman–Crippen LogP) is 2.93. The molecule has 0 bridgehead atoms. The molecule has 0 aliphatic carbocycles. The van der Waals surface area contributed by atoms with Crippen LogP contribution in [0.3, 0.4) is 0 Å². The summed E-state index contributed by atoms with van der Waals surface area (Å²) >= 11 is 10.7. The molecule has 47 valence electrons. The molecule has 1 aromatic carbocycles. The molecule has 0 aromatic heterocycles. The third-order valence-corrected chi connectivity index (χ3v) is 1.32. The minimum atomic E-state index is -0.538. The van der Waals surface area contributed by atoms with Gasteiger partial charge in [0.25, 0.3) is 0 Å². The third-order valence-electron chi connectivity index (χ3n) is 0.811. The molecule has 0 fully saturated rings. The van der Waals surface area contributed by atoms with E-state index in [0.29, 0.717) is 5.02 Å². The Labute approximate surface area is 62.2 Å². The fraction of sp³-hybridized carbons (Fsp3) is 0. The average molecular weight is 164 g/mol. The largest absolute Gasteiger partial charge is 0.205 e. The summed E-state index contributed by atoms with van der Waals surface area (Å²) in [7, 11) is 0. The molecule has 9 heavy (non-hydrogen) atoms. The SMILES string of the molecule is Fc1cc(Cl)c[c]c1Cl. The lowest BCUT2D eigenvalue weighted by Gasteiger charge is -1.90. The van der Waals surface area contributed by atoms with Gasteiger partial charge in [-0.1, -0.05) is 23.2 Å². The Bertz CT molecular complexity index is 222. The summed E-state index contributed by atoms with van der Waals surface area (Å²) in [6.45, 7) is 0. The van der Waals surface area contributed by atoms with Gasteiger partial charge < -0.3 is 0 Å². The van der Waals surface area contributed by atoms with Gasteiger partial charge in [0, 0.05) is 11.1 Å². The standard InChI is InChI=1S/C6H2Cl2F/c7-4-1-2-5(8)6(9)3-4/h1,3H. The van der Waals surface area contributed by atoms with E-state index < -0.39 is 5.82 Å². The summed E-state index contributed by atoms with van der Waals surface area (Å²) in [5, 5.41) is 0.274. The molecule has 0 saturated carbocycles. The van der Waals surface area contributed by atoms with E-state index in [-0.39, 0.29) is 5.02 Å². The van der Waals surface area contributed by atoms with Gasteiger partial charge >= 0.3 is 0 Å². The molecule has 0 amide bonds. The van der Waals surface area contributed by atoms with Crippen LogP contribution in [0.5, 0.6) is 0 Å². The van der Waals surface area contributed by atoms with Crippen LogP contribution in [0.1, 0.15) is 0 Å². The number of rotatable bonds is 0. The highest BCUT2D eigenvalue weighted by Crippen LogP contribution is 2.17. The van der Waals surface area contributed by atoms with Gasteiger partial charge in [-0.15, -0.1) is 0 Å². The van der Waals surface area contributed by atoms with Gasteiger partial charge in [-0.2, -0.15) is 0 Å². The quantitative estimate of drug-likeness (QED) is 0.517. The van der Waals surface area contributed by atoms with Crippen molar-refractivity contribution in [2.24, 2.45) is 0 Å². The second kappa shape index (κ2) is 2.54. The molecule has 1 radical (unpaired) electrons. The monoisotopic (exact) mass is 163 g/mol. The Balaban J connectivity index is 3.17. The highest BCUT2D eigenvalue weighted by atomic mass is 35.5. The molecule has 1 rings (SSSR count). The normalized spacial score (nSPS) is 9.67. The molecule has 0 atom stereocenters. The molecule has 0 aliphatic rings. The van der Waals surface area contributed by atoms with E-state index >= 15 is 0 Å². The maximum absolute atomic E-state index is 12.3. The first kappa shape index (κ1) is 6.84. The van der Waals surface area contributed by atoms with Crippen LogP contribution in [-0.4, -0.2) is 0 Å². The fourth-order valence-corrected chi connectivity index (χ4v) is 0.687. The Morgan fingerprint density at radius 3 is 2.56 bits per heavy atom. The van der Waals surface area contributed by atoms with Crippen molar-refractivity contribution in [1.82, 2.24) is 0 Å². The predicted molar refractivity (Wildman–Crippen MR) is 35.3 cm³/mol. The van der Waals surface area contributed by atoms with Gasteiger partial charge in [-0.25, -0.2) is 4.39 Å². The average Bonchev–Trinajstić information content (AvgIpc) is 1.80. The maximum atomic E-state index is 12.3. The van der Waals surface area contributed by atoms with Crippen LogP contribution in [-0.2, 0) is 0 Å². The van der Waals surface area contributed by atoms with Crippen molar-refractivity contribution < 1.29 is 4.39 Å². The van der Waals surface area contributed by atoms with Crippen molar-refractivity contribution in [2.45, 2.75) is 0 Å². The summed E-state index contributed by atoms with van der Waals surface area (Å²) in [5.41, 5.74) is 0. The number of benzene rings is 1. The molecule has 0 unspecified atom stereocenters. The van der Waals surface area contributed by atoms with E-state index in [0.717, 1.165) is 6.07 Å². The molecule has 3 heteroatoms. The first-order valence-corrected chi connectivity index (χ1v) is 2.98. The molecule has 0 aliphatic heterocycles. The molecular formula is C6H2Cl2F. The van der Waals surface area contributed by atoms with E-state index in [2.05, 4.69) is 6.07 Å². The minimum absolute atomic E-state index is 0.0283. The molecule has 0 nitrogen and oxygen atoms in total. The second-order valence-electron chi connectivity index (χ2n) is 1.48. The van der Waals surface area contributed by atoms with Gasteiger partial charge in [0.1, 0.15) is 5.82 Å². The van der Waals surface area contributed by atoms with Crippen molar-refractivity contribution in [3.8, 4) is 0 Å². The topological polar surface area (TPSA) is 0 Å². The van der Waals surface area contributed by atoms with Crippen molar-refractivity contribution in [3.05, 3.63) is 34.1 Å². The fourth-order valence-electron chi connectivity index (χ4n) is 0.427. The lowest BCUT2D eigenvalue weighted by Crippen LogP contribution is -1.74. The molecule has 0 N–H and O–H groups in total. The van der Waals surface area contributed by atoms with Crippen LogP contribution in [0, 0.1) is 11.9 Å². The van der Waals surface area contributed by atoms with Gasteiger partial charge in [0.05, 0.1) is 5.02 Å². The van der Waals surface area contributed by atoms with Crippen LogP contribution in [0.2, 0.25) is 10.0 Å². The van der Waals surface area contributed by atoms with Crippen molar-refractivity contribution >= 4 is 23.2 Å². The summed E-state index contributed by atoms with van der Waals surface area (Å²) in [6.07, 6.45) is 0. The highest BCUT2D eigenvalue weighted by molar-refractivity contribution is 6.32. The maximum Gasteiger partial charge on any atom is 0.143 e. The number of hydrogen-bond acceptors (Lipinski definition) is 0. The second-order valence-corrected chi connectivity index (χ2v) is 2.29. The van der Waals surface area contributed by atoms with E-state index in [4.69, 9.17) is 23.2 Å².